The van der Waals surface area contributed by atoms with Crippen molar-refractivity contribution < 1.29 is 13.9 Å². The number of likely N-dealkylation sites (tertiary alicyclic amines) is 1. The van der Waals surface area contributed by atoms with Crippen molar-refractivity contribution in [2.24, 2.45) is 5.92 Å². The summed E-state index contributed by atoms with van der Waals surface area (Å²) in [4.78, 5) is 1.91. The van der Waals surface area contributed by atoms with Crippen LogP contribution in [0.3, 0.4) is 0 Å². The molecule has 0 bridgehead atoms. The van der Waals surface area contributed by atoms with Crippen LogP contribution in [-0.4, -0.2) is 35.6 Å². The highest BCUT2D eigenvalue weighted by atomic mass is 19.3. The summed E-state index contributed by atoms with van der Waals surface area (Å²) < 4.78 is 25.4. The molecule has 2 unspecified atom stereocenters. The first kappa shape index (κ1) is 13.4. The van der Waals surface area contributed by atoms with E-state index in [4.69, 9.17) is 0 Å². The molecule has 1 heterocycles. The Balaban J connectivity index is 1.98. The van der Waals surface area contributed by atoms with Gasteiger partial charge in [0.05, 0.1) is 6.10 Å². The number of aliphatic hydroxyl groups excluding tert-OH is 1. The number of rotatable bonds is 3. The van der Waals surface area contributed by atoms with Crippen molar-refractivity contribution in [3.63, 3.8) is 0 Å². The average Bonchev–Trinajstić information content (AvgIpc) is 2.31. The molecule has 0 spiro atoms. The molecule has 2 nitrogen and oxygen atoms in total. The van der Waals surface area contributed by atoms with E-state index in [0.29, 0.717) is 19.6 Å². The molecule has 0 saturated carbocycles. The van der Waals surface area contributed by atoms with Gasteiger partial charge in [-0.05, 0) is 18.9 Å². The van der Waals surface area contributed by atoms with Gasteiger partial charge in [-0.2, -0.15) is 0 Å². The summed E-state index contributed by atoms with van der Waals surface area (Å²) in [6.45, 7) is 3.49. The number of halogens is 2. The zero-order chi connectivity index (χ0) is 13.1. The molecule has 0 aromatic heterocycles. The van der Waals surface area contributed by atoms with Gasteiger partial charge in [0.25, 0.3) is 0 Å². The summed E-state index contributed by atoms with van der Waals surface area (Å²) in [7, 11) is 0. The maximum atomic E-state index is 12.7. The molecule has 2 rings (SSSR count). The Hall–Kier alpha value is -1.00. The maximum Gasteiger partial charge on any atom is 0.242 e. The minimum Gasteiger partial charge on any atom is -0.392 e. The molecule has 0 aliphatic carbocycles. The van der Waals surface area contributed by atoms with E-state index >= 15 is 0 Å². The lowest BCUT2D eigenvalue weighted by molar-refractivity contribution is -0.0280. The predicted molar refractivity (Wildman–Crippen MR) is 66.6 cm³/mol. The van der Waals surface area contributed by atoms with Crippen LogP contribution in [0.15, 0.2) is 24.3 Å². The molecule has 1 aromatic rings. The van der Waals surface area contributed by atoms with Crippen molar-refractivity contribution in [1.29, 1.82) is 0 Å². The molecule has 1 aliphatic heterocycles. The molecule has 1 aliphatic rings. The highest BCUT2D eigenvalue weighted by Crippen LogP contribution is 2.24. The Morgan fingerprint density at radius 3 is 2.56 bits per heavy atom. The van der Waals surface area contributed by atoms with Crippen LogP contribution in [0.1, 0.15) is 17.5 Å². The normalized spacial score (nSPS) is 25.6. The molecule has 1 fully saturated rings. The second-order valence-corrected chi connectivity index (χ2v) is 5.16. The molecule has 2 atom stereocenters. The zero-order valence-corrected chi connectivity index (χ0v) is 10.5. The molecule has 18 heavy (non-hydrogen) atoms. The summed E-state index contributed by atoms with van der Waals surface area (Å²) in [5.41, 5.74) is 2.28. The molecule has 1 saturated heterocycles. The monoisotopic (exact) mass is 255 g/mol. The predicted octanol–water partition coefficient (Wildman–Crippen LogP) is 2.44. The van der Waals surface area contributed by atoms with Gasteiger partial charge >= 0.3 is 0 Å². The number of aliphatic hydroxyl groups is 1. The number of aryl methyl sites for hydroxylation is 1. The Bertz CT molecular complexity index is 380. The summed E-state index contributed by atoms with van der Waals surface area (Å²) in [6, 6.07) is 8.04. The van der Waals surface area contributed by atoms with E-state index in [1.807, 2.05) is 36.1 Å². The number of nitrogens with zero attached hydrogens (tertiary/aromatic N) is 1. The number of piperidine rings is 1. The van der Waals surface area contributed by atoms with Gasteiger partial charge in [0.2, 0.25) is 6.43 Å². The Morgan fingerprint density at radius 1 is 1.28 bits per heavy atom. The van der Waals surface area contributed by atoms with Crippen LogP contribution in [0.25, 0.3) is 0 Å². The molecule has 100 valence electrons. The van der Waals surface area contributed by atoms with E-state index in [-0.39, 0.29) is 6.42 Å². The smallest absolute Gasteiger partial charge is 0.242 e. The quantitative estimate of drug-likeness (QED) is 0.896. The van der Waals surface area contributed by atoms with Gasteiger partial charge in [-0.3, -0.25) is 4.90 Å². The largest absolute Gasteiger partial charge is 0.392 e. The zero-order valence-electron chi connectivity index (χ0n) is 10.5. The number of hydrogen-bond donors (Lipinski definition) is 1. The van der Waals surface area contributed by atoms with Crippen molar-refractivity contribution in [2.75, 3.05) is 13.1 Å². The van der Waals surface area contributed by atoms with Crippen molar-refractivity contribution in [3.8, 4) is 0 Å². The standard InChI is InChI=1S/C14H19F2NO/c1-10-2-4-11(5-3-10)7-17-8-12(14(15)16)6-13(18)9-17/h2-5,12-14,18H,6-9H2,1H3. The van der Waals surface area contributed by atoms with Gasteiger partial charge in [-0.25, -0.2) is 8.78 Å². The SMILES string of the molecule is Cc1ccc(CN2CC(O)CC(C(F)F)C2)cc1. The summed E-state index contributed by atoms with van der Waals surface area (Å²) in [6.07, 6.45) is -2.77. The van der Waals surface area contributed by atoms with Crippen molar-refractivity contribution in [3.05, 3.63) is 35.4 Å². The topological polar surface area (TPSA) is 23.5 Å². The second kappa shape index (κ2) is 5.76. The van der Waals surface area contributed by atoms with Crippen molar-refractivity contribution >= 4 is 0 Å². The minimum atomic E-state index is -2.35. The molecule has 1 aromatic carbocycles. The van der Waals surface area contributed by atoms with Crippen LogP contribution < -0.4 is 0 Å². The first-order valence-corrected chi connectivity index (χ1v) is 6.28. The average molecular weight is 255 g/mol. The Morgan fingerprint density at radius 2 is 1.94 bits per heavy atom. The lowest BCUT2D eigenvalue weighted by atomic mass is 9.96. The summed E-state index contributed by atoms with van der Waals surface area (Å²) in [5.74, 6) is -0.709. The maximum absolute atomic E-state index is 12.7. The molecular weight excluding hydrogens is 236 g/mol. The highest BCUT2D eigenvalue weighted by molar-refractivity contribution is 5.21. The lowest BCUT2D eigenvalue weighted by Crippen LogP contribution is -2.44. The van der Waals surface area contributed by atoms with Crippen LogP contribution in [-0.2, 0) is 6.54 Å². The fourth-order valence-electron chi connectivity index (χ4n) is 2.47. The molecule has 0 amide bonds. The molecule has 0 radical (unpaired) electrons. The van der Waals surface area contributed by atoms with Gasteiger partial charge in [0.15, 0.2) is 0 Å². The first-order chi connectivity index (χ1) is 8.54. The van der Waals surface area contributed by atoms with E-state index in [1.165, 1.54) is 5.56 Å². The summed E-state index contributed by atoms with van der Waals surface area (Å²) in [5, 5.41) is 9.65. The van der Waals surface area contributed by atoms with E-state index < -0.39 is 18.4 Å². The van der Waals surface area contributed by atoms with Crippen LogP contribution in [0, 0.1) is 12.8 Å². The van der Waals surface area contributed by atoms with Crippen LogP contribution in [0.2, 0.25) is 0 Å². The second-order valence-electron chi connectivity index (χ2n) is 5.16. The third-order valence-electron chi connectivity index (χ3n) is 3.42. The van der Waals surface area contributed by atoms with E-state index in [2.05, 4.69) is 0 Å². The minimum absolute atomic E-state index is 0.210. The van der Waals surface area contributed by atoms with Crippen LogP contribution in [0.4, 0.5) is 8.78 Å². The van der Waals surface area contributed by atoms with E-state index in [1.54, 1.807) is 0 Å². The Labute approximate surface area is 106 Å². The van der Waals surface area contributed by atoms with Gasteiger partial charge in [0.1, 0.15) is 0 Å². The summed E-state index contributed by atoms with van der Waals surface area (Å²) >= 11 is 0. The van der Waals surface area contributed by atoms with E-state index in [9.17, 15) is 13.9 Å². The van der Waals surface area contributed by atoms with Gasteiger partial charge in [0, 0.05) is 25.6 Å². The van der Waals surface area contributed by atoms with E-state index in [0.717, 1.165) is 5.56 Å². The number of hydrogen-bond acceptors (Lipinski definition) is 2. The third-order valence-corrected chi connectivity index (χ3v) is 3.42. The van der Waals surface area contributed by atoms with Crippen LogP contribution >= 0.6 is 0 Å². The third kappa shape index (κ3) is 3.50. The molecule has 1 N–H and O–H groups in total. The number of benzene rings is 1. The number of β-amino-alcohol motifs (C(OH)–C–C–N with tert-alkyl or cyclic N) is 1. The van der Waals surface area contributed by atoms with Gasteiger partial charge in [-0.1, -0.05) is 29.8 Å². The highest BCUT2D eigenvalue weighted by Gasteiger charge is 2.31. The first-order valence-electron chi connectivity index (χ1n) is 6.28. The fourth-order valence-corrected chi connectivity index (χ4v) is 2.47. The van der Waals surface area contributed by atoms with Crippen LogP contribution in [0.5, 0.6) is 0 Å². The molecular formula is C14H19F2NO. The van der Waals surface area contributed by atoms with Crippen molar-refractivity contribution in [2.45, 2.75) is 32.4 Å². The lowest BCUT2D eigenvalue weighted by Gasteiger charge is -2.35. The van der Waals surface area contributed by atoms with Gasteiger partial charge < -0.3 is 5.11 Å². The fraction of sp³-hybridized carbons (Fsp3) is 0.571. The number of alkyl halides is 2. The van der Waals surface area contributed by atoms with Gasteiger partial charge in [-0.15, -0.1) is 0 Å². The molecule has 4 heteroatoms. The Kier molecular flexibility index (Phi) is 4.30. The van der Waals surface area contributed by atoms with Crippen molar-refractivity contribution in [1.82, 2.24) is 4.90 Å².